The van der Waals surface area contributed by atoms with E-state index >= 15 is 0 Å². The van der Waals surface area contributed by atoms with Crippen LogP contribution < -0.4 is 11.1 Å². The van der Waals surface area contributed by atoms with Crippen LogP contribution in [0, 0.1) is 5.82 Å². The van der Waals surface area contributed by atoms with Crippen LogP contribution in [0.3, 0.4) is 0 Å². The van der Waals surface area contributed by atoms with Gasteiger partial charge in [-0.15, -0.1) is 0 Å². The lowest BCUT2D eigenvalue weighted by atomic mass is 9.87. The first-order valence-electron chi connectivity index (χ1n) is 5.47. The molecule has 1 aromatic carbocycles. The van der Waals surface area contributed by atoms with Gasteiger partial charge in [0.15, 0.2) is 0 Å². The Morgan fingerprint density at radius 1 is 1.27 bits per heavy atom. The fourth-order valence-corrected chi connectivity index (χ4v) is 1.90. The van der Waals surface area contributed by atoms with Gasteiger partial charge in [-0.2, -0.15) is 0 Å². The summed E-state index contributed by atoms with van der Waals surface area (Å²) >= 11 is 0. The minimum atomic E-state index is -0.170. The van der Waals surface area contributed by atoms with Gasteiger partial charge in [-0.3, -0.25) is 0 Å². The van der Waals surface area contributed by atoms with Gasteiger partial charge in [-0.25, -0.2) is 4.39 Å². The van der Waals surface area contributed by atoms with Crippen molar-refractivity contribution in [2.24, 2.45) is 5.73 Å². The van der Waals surface area contributed by atoms with Crippen LogP contribution in [0.4, 0.5) is 4.39 Å². The Kier molecular flexibility index (Phi) is 3.34. The minimum absolute atomic E-state index is 0.170. The molecule has 1 aliphatic carbocycles. The third-order valence-electron chi connectivity index (χ3n) is 2.93. The Morgan fingerprint density at radius 2 is 1.93 bits per heavy atom. The van der Waals surface area contributed by atoms with Gasteiger partial charge in [-0.1, -0.05) is 12.1 Å². The average molecular weight is 208 g/mol. The van der Waals surface area contributed by atoms with E-state index in [4.69, 9.17) is 5.73 Å². The number of nitrogens with one attached hydrogen (secondary N) is 1. The molecular weight excluding hydrogens is 191 g/mol. The zero-order valence-corrected chi connectivity index (χ0v) is 8.75. The summed E-state index contributed by atoms with van der Waals surface area (Å²) in [6.45, 7) is 0.947. The van der Waals surface area contributed by atoms with E-state index in [0.29, 0.717) is 12.1 Å². The SMILES string of the molecule is NC1CC(NCCc2ccc(F)cc2)C1. The molecule has 15 heavy (non-hydrogen) atoms. The van der Waals surface area contributed by atoms with Gasteiger partial charge in [0.05, 0.1) is 0 Å². The van der Waals surface area contributed by atoms with Crippen LogP contribution in [0.25, 0.3) is 0 Å². The van der Waals surface area contributed by atoms with Crippen molar-refractivity contribution in [3.63, 3.8) is 0 Å². The molecule has 3 N–H and O–H groups in total. The predicted octanol–water partition coefficient (Wildman–Crippen LogP) is 1.45. The minimum Gasteiger partial charge on any atom is -0.328 e. The topological polar surface area (TPSA) is 38.0 Å². The molecular formula is C12H17FN2. The fourth-order valence-electron chi connectivity index (χ4n) is 1.90. The fraction of sp³-hybridized carbons (Fsp3) is 0.500. The van der Waals surface area contributed by atoms with Crippen LogP contribution in [0.1, 0.15) is 18.4 Å². The van der Waals surface area contributed by atoms with Crippen LogP contribution in [0.5, 0.6) is 0 Å². The highest BCUT2D eigenvalue weighted by Crippen LogP contribution is 2.17. The summed E-state index contributed by atoms with van der Waals surface area (Å²) in [6, 6.07) is 7.68. The lowest BCUT2D eigenvalue weighted by Gasteiger charge is -2.33. The molecule has 0 amide bonds. The van der Waals surface area contributed by atoms with Crippen molar-refractivity contribution >= 4 is 0 Å². The number of halogens is 1. The molecule has 1 aliphatic rings. The first-order chi connectivity index (χ1) is 7.24. The summed E-state index contributed by atoms with van der Waals surface area (Å²) in [6.07, 6.45) is 3.12. The molecule has 0 radical (unpaired) electrons. The summed E-state index contributed by atoms with van der Waals surface area (Å²) < 4.78 is 12.6. The third-order valence-corrected chi connectivity index (χ3v) is 2.93. The third kappa shape index (κ3) is 3.01. The summed E-state index contributed by atoms with van der Waals surface area (Å²) in [5.74, 6) is -0.170. The second-order valence-corrected chi connectivity index (χ2v) is 4.26. The predicted molar refractivity (Wildman–Crippen MR) is 59.1 cm³/mol. The molecule has 0 bridgehead atoms. The monoisotopic (exact) mass is 208 g/mol. The van der Waals surface area contributed by atoms with Gasteiger partial charge in [0.1, 0.15) is 5.82 Å². The lowest BCUT2D eigenvalue weighted by molar-refractivity contribution is 0.294. The maximum atomic E-state index is 12.6. The van der Waals surface area contributed by atoms with Crippen molar-refractivity contribution in [2.75, 3.05) is 6.54 Å². The highest BCUT2D eigenvalue weighted by atomic mass is 19.1. The van der Waals surface area contributed by atoms with Crippen molar-refractivity contribution < 1.29 is 4.39 Å². The molecule has 1 aromatic rings. The van der Waals surface area contributed by atoms with Crippen molar-refractivity contribution in [2.45, 2.75) is 31.3 Å². The van der Waals surface area contributed by atoms with Crippen LogP contribution in [0.15, 0.2) is 24.3 Å². The molecule has 2 rings (SSSR count). The van der Waals surface area contributed by atoms with E-state index in [9.17, 15) is 4.39 Å². The van der Waals surface area contributed by atoms with Crippen LogP contribution in [-0.4, -0.2) is 18.6 Å². The number of hydrogen-bond donors (Lipinski definition) is 2. The van der Waals surface area contributed by atoms with Crippen molar-refractivity contribution in [1.82, 2.24) is 5.32 Å². The normalized spacial score (nSPS) is 24.9. The quantitative estimate of drug-likeness (QED) is 0.786. The van der Waals surface area contributed by atoms with Crippen LogP contribution in [0.2, 0.25) is 0 Å². The van der Waals surface area contributed by atoms with Gasteiger partial charge in [0.25, 0.3) is 0 Å². The summed E-state index contributed by atoms with van der Waals surface area (Å²) in [5, 5.41) is 3.44. The molecule has 1 fully saturated rings. The number of benzene rings is 1. The second kappa shape index (κ2) is 4.73. The Hall–Kier alpha value is -0.930. The van der Waals surface area contributed by atoms with E-state index in [1.54, 1.807) is 0 Å². The summed E-state index contributed by atoms with van der Waals surface area (Å²) in [7, 11) is 0. The zero-order chi connectivity index (χ0) is 10.7. The van der Waals surface area contributed by atoms with Gasteiger partial charge in [0, 0.05) is 12.1 Å². The molecule has 0 heterocycles. The lowest BCUT2D eigenvalue weighted by Crippen LogP contribution is -2.48. The van der Waals surface area contributed by atoms with Crippen LogP contribution in [-0.2, 0) is 6.42 Å². The van der Waals surface area contributed by atoms with E-state index in [1.165, 1.54) is 17.7 Å². The molecule has 0 unspecified atom stereocenters. The molecule has 0 aliphatic heterocycles. The maximum Gasteiger partial charge on any atom is 0.123 e. The highest BCUT2D eigenvalue weighted by molar-refractivity contribution is 5.16. The molecule has 0 saturated heterocycles. The Balaban J connectivity index is 1.67. The molecule has 2 nitrogen and oxygen atoms in total. The van der Waals surface area contributed by atoms with E-state index in [0.717, 1.165) is 25.8 Å². The molecule has 0 atom stereocenters. The largest absolute Gasteiger partial charge is 0.328 e. The molecule has 82 valence electrons. The summed E-state index contributed by atoms with van der Waals surface area (Å²) in [5.41, 5.74) is 6.86. The van der Waals surface area contributed by atoms with E-state index in [-0.39, 0.29) is 5.82 Å². The van der Waals surface area contributed by atoms with E-state index in [2.05, 4.69) is 5.32 Å². The second-order valence-electron chi connectivity index (χ2n) is 4.26. The van der Waals surface area contributed by atoms with E-state index in [1.807, 2.05) is 12.1 Å². The maximum absolute atomic E-state index is 12.6. The van der Waals surface area contributed by atoms with Crippen molar-refractivity contribution in [3.05, 3.63) is 35.6 Å². The van der Waals surface area contributed by atoms with Crippen molar-refractivity contribution in [1.29, 1.82) is 0 Å². The Morgan fingerprint density at radius 3 is 2.53 bits per heavy atom. The molecule has 3 heteroatoms. The standard InChI is InChI=1S/C12H17FN2/c13-10-3-1-9(2-4-10)5-6-15-12-7-11(14)8-12/h1-4,11-12,15H,5-8,14H2. The van der Waals surface area contributed by atoms with Crippen LogP contribution >= 0.6 is 0 Å². The van der Waals surface area contributed by atoms with Crippen molar-refractivity contribution in [3.8, 4) is 0 Å². The first-order valence-corrected chi connectivity index (χ1v) is 5.47. The average Bonchev–Trinajstić information content (AvgIpc) is 2.18. The number of rotatable bonds is 4. The molecule has 1 saturated carbocycles. The van der Waals surface area contributed by atoms with E-state index < -0.39 is 0 Å². The number of hydrogen-bond acceptors (Lipinski definition) is 2. The van der Waals surface area contributed by atoms with Gasteiger partial charge >= 0.3 is 0 Å². The van der Waals surface area contributed by atoms with Gasteiger partial charge in [0.2, 0.25) is 0 Å². The summed E-state index contributed by atoms with van der Waals surface area (Å²) in [4.78, 5) is 0. The zero-order valence-electron chi connectivity index (χ0n) is 8.75. The van der Waals surface area contributed by atoms with Gasteiger partial charge < -0.3 is 11.1 Å². The molecule has 0 spiro atoms. The Labute approximate surface area is 89.7 Å². The van der Waals surface area contributed by atoms with Gasteiger partial charge in [-0.05, 0) is 43.5 Å². The number of nitrogens with two attached hydrogens (primary N) is 1. The first kappa shape index (κ1) is 10.6. The smallest absolute Gasteiger partial charge is 0.123 e. The Bertz CT molecular complexity index is 304. The molecule has 0 aromatic heterocycles. The highest BCUT2D eigenvalue weighted by Gasteiger charge is 2.24.